The van der Waals surface area contributed by atoms with Crippen molar-refractivity contribution < 1.29 is 5.11 Å². The number of phenols is 1. The maximum absolute atomic E-state index is 9.56. The van der Waals surface area contributed by atoms with Crippen LogP contribution in [0, 0.1) is 5.41 Å². The second-order valence-corrected chi connectivity index (χ2v) is 5.63. The molecule has 0 saturated carbocycles. The molecule has 0 amide bonds. The third-order valence-corrected chi connectivity index (χ3v) is 4.23. The van der Waals surface area contributed by atoms with E-state index in [1.165, 1.54) is 0 Å². The molecule has 24 heavy (non-hydrogen) atoms. The molecule has 2 aromatic carbocycles. The fraction of sp³-hybridized carbons (Fsp3) is 0.0526. The largest absolute Gasteiger partial charge is 0.508 e. The summed E-state index contributed by atoms with van der Waals surface area (Å²) >= 11 is 0. The van der Waals surface area contributed by atoms with E-state index in [1.807, 2.05) is 48.7 Å². The standard InChI is InChI=1S/C19H16N4O/c20-11-22-18-14-3-1-2-4-16(14)23-17(15-9-10-21-19(15)18)12-5-7-13(24)8-6-12/h1-11,17,20-21,23-24H. The SMILES string of the molecule is N=CN=C1c2ccccc2NC(c2ccc(O)cc2)c2cc[nH]c21. The summed E-state index contributed by atoms with van der Waals surface area (Å²) in [6.07, 6.45) is 2.95. The number of nitrogens with zero attached hydrogens (tertiary/aromatic N) is 1. The van der Waals surface area contributed by atoms with Gasteiger partial charge < -0.3 is 15.4 Å². The fourth-order valence-electron chi connectivity index (χ4n) is 3.14. The number of nitrogens with one attached hydrogen (secondary N) is 3. The minimum atomic E-state index is -0.0774. The quantitative estimate of drug-likeness (QED) is 0.429. The molecule has 5 heteroatoms. The smallest absolute Gasteiger partial charge is 0.115 e. The van der Waals surface area contributed by atoms with Gasteiger partial charge in [-0.05, 0) is 29.8 Å². The number of hydrogen-bond donors (Lipinski definition) is 4. The van der Waals surface area contributed by atoms with Gasteiger partial charge in [-0.15, -0.1) is 0 Å². The Balaban J connectivity index is 1.95. The zero-order chi connectivity index (χ0) is 16.5. The van der Waals surface area contributed by atoms with Gasteiger partial charge in [-0.2, -0.15) is 0 Å². The summed E-state index contributed by atoms with van der Waals surface area (Å²) < 4.78 is 0. The Kier molecular flexibility index (Phi) is 3.39. The molecule has 0 saturated heterocycles. The van der Waals surface area contributed by atoms with Crippen molar-refractivity contribution in [2.24, 2.45) is 4.99 Å². The molecule has 1 atom stereocenters. The molecule has 0 spiro atoms. The van der Waals surface area contributed by atoms with Crippen LogP contribution in [0.3, 0.4) is 0 Å². The van der Waals surface area contributed by atoms with Gasteiger partial charge in [0, 0.05) is 23.0 Å². The van der Waals surface area contributed by atoms with E-state index in [1.54, 1.807) is 12.1 Å². The lowest BCUT2D eigenvalue weighted by Gasteiger charge is -2.19. The van der Waals surface area contributed by atoms with Gasteiger partial charge in [0.2, 0.25) is 0 Å². The van der Waals surface area contributed by atoms with Crippen LogP contribution in [0.15, 0.2) is 65.8 Å². The number of fused-ring (bicyclic) bond motifs is 2. The molecule has 3 aromatic rings. The number of aliphatic imine (C=N–C) groups is 1. The molecule has 4 N–H and O–H groups in total. The van der Waals surface area contributed by atoms with Crippen LogP contribution in [0.25, 0.3) is 0 Å². The lowest BCUT2D eigenvalue weighted by Crippen LogP contribution is -2.11. The predicted octanol–water partition coefficient (Wildman–Crippen LogP) is 3.68. The van der Waals surface area contributed by atoms with E-state index in [4.69, 9.17) is 5.41 Å². The highest BCUT2D eigenvalue weighted by Gasteiger charge is 2.27. The van der Waals surface area contributed by atoms with Crippen LogP contribution in [0.2, 0.25) is 0 Å². The van der Waals surface area contributed by atoms with Crippen LogP contribution in [-0.2, 0) is 0 Å². The Morgan fingerprint density at radius 2 is 1.83 bits per heavy atom. The fourth-order valence-corrected chi connectivity index (χ4v) is 3.14. The number of aromatic nitrogens is 1. The van der Waals surface area contributed by atoms with Gasteiger partial charge in [0.25, 0.3) is 0 Å². The maximum Gasteiger partial charge on any atom is 0.115 e. The van der Waals surface area contributed by atoms with Crippen molar-refractivity contribution in [3.63, 3.8) is 0 Å². The molecule has 5 nitrogen and oxygen atoms in total. The van der Waals surface area contributed by atoms with Gasteiger partial charge in [-0.3, -0.25) is 5.41 Å². The number of aromatic hydroxyl groups is 1. The molecule has 0 fully saturated rings. The second kappa shape index (κ2) is 5.70. The normalized spacial score (nSPS) is 17.5. The summed E-state index contributed by atoms with van der Waals surface area (Å²) in [4.78, 5) is 7.55. The third kappa shape index (κ3) is 2.27. The Labute approximate surface area is 139 Å². The van der Waals surface area contributed by atoms with Gasteiger partial charge in [0.05, 0.1) is 17.4 Å². The van der Waals surface area contributed by atoms with E-state index in [0.29, 0.717) is 0 Å². The number of aromatic amines is 1. The maximum atomic E-state index is 9.56. The predicted molar refractivity (Wildman–Crippen MR) is 95.2 cm³/mol. The van der Waals surface area contributed by atoms with Crippen molar-refractivity contribution in [1.29, 1.82) is 5.41 Å². The Bertz CT molecular complexity index is 925. The van der Waals surface area contributed by atoms with Gasteiger partial charge >= 0.3 is 0 Å². The molecular formula is C19H16N4O. The van der Waals surface area contributed by atoms with Gasteiger partial charge in [-0.1, -0.05) is 30.3 Å². The molecule has 1 aromatic heterocycles. The van der Waals surface area contributed by atoms with E-state index in [9.17, 15) is 5.11 Å². The average Bonchev–Trinajstić information content (AvgIpc) is 3.04. The number of hydrogen-bond acceptors (Lipinski definition) is 3. The lowest BCUT2D eigenvalue weighted by molar-refractivity contribution is 0.475. The van der Waals surface area contributed by atoms with E-state index in [0.717, 1.165) is 40.1 Å². The number of phenolic OH excluding ortho intramolecular Hbond substituents is 1. The zero-order valence-electron chi connectivity index (χ0n) is 12.8. The summed E-state index contributed by atoms with van der Waals surface area (Å²) in [6.45, 7) is 0. The first kappa shape index (κ1) is 14.3. The van der Waals surface area contributed by atoms with Crippen LogP contribution in [0.4, 0.5) is 5.69 Å². The van der Waals surface area contributed by atoms with E-state index in [2.05, 4.69) is 15.3 Å². The van der Waals surface area contributed by atoms with Crippen LogP contribution in [-0.4, -0.2) is 22.1 Å². The Hall–Kier alpha value is -3.34. The Morgan fingerprint density at radius 3 is 2.62 bits per heavy atom. The first-order valence-corrected chi connectivity index (χ1v) is 7.67. The van der Waals surface area contributed by atoms with Crippen molar-refractivity contribution in [2.75, 3.05) is 5.32 Å². The third-order valence-electron chi connectivity index (χ3n) is 4.23. The molecule has 1 aliphatic rings. The topological polar surface area (TPSA) is 84.3 Å². The highest BCUT2D eigenvalue weighted by atomic mass is 16.3. The average molecular weight is 316 g/mol. The Morgan fingerprint density at radius 1 is 1.04 bits per heavy atom. The molecule has 0 radical (unpaired) electrons. The van der Waals surface area contributed by atoms with Crippen LogP contribution in [0.5, 0.6) is 5.75 Å². The van der Waals surface area contributed by atoms with E-state index < -0.39 is 0 Å². The minimum Gasteiger partial charge on any atom is -0.508 e. The van der Waals surface area contributed by atoms with Crippen molar-refractivity contribution in [3.05, 3.63) is 83.2 Å². The summed E-state index contributed by atoms with van der Waals surface area (Å²) in [5.41, 5.74) is 5.65. The molecule has 0 bridgehead atoms. The highest BCUT2D eigenvalue weighted by Crippen LogP contribution is 2.36. The summed E-state index contributed by atoms with van der Waals surface area (Å²) in [6, 6.07) is 17.1. The first-order chi connectivity index (χ1) is 11.8. The lowest BCUT2D eigenvalue weighted by atomic mass is 9.97. The molecule has 2 heterocycles. The monoisotopic (exact) mass is 316 g/mol. The van der Waals surface area contributed by atoms with Gasteiger partial charge in [-0.25, -0.2) is 4.99 Å². The second-order valence-electron chi connectivity index (χ2n) is 5.63. The number of rotatable bonds is 2. The number of anilines is 1. The molecular weight excluding hydrogens is 300 g/mol. The van der Waals surface area contributed by atoms with Gasteiger partial charge in [0.15, 0.2) is 0 Å². The summed E-state index contributed by atoms with van der Waals surface area (Å²) in [7, 11) is 0. The zero-order valence-corrected chi connectivity index (χ0v) is 12.8. The van der Waals surface area contributed by atoms with Crippen LogP contribution in [0.1, 0.15) is 28.4 Å². The highest BCUT2D eigenvalue weighted by molar-refractivity contribution is 6.18. The van der Waals surface area contributed by atoms with Gasteiger partial charge in [0.1, 0.15) is 12.1 Å². The molecule has 1 unspecified atom stereocenters. The summed E-state index contributed by atoms with van der Waals surface area (Å²) in [5, 5.41) is 20.5. The summed E-state index contributed by atoms with van der Waals surface area (Å²) in [5.74, 6) is 0.244. The first-order valence-electron chi connectivity index (χ1n) is 7.67. The van der Waals surface area contributed by atoms with Crippen molar-refractivity contribution in [2.45, 2.75) is 6.04 Å². The van der Waals surface area contributed by atoms with E-state index >= 15 is 0 Å². The molecule has 118 valence electrons. The minimum absolute atomic E-state index is 0.0774. The van der Waals surface area contributed by atoms with Crippen molar-refractivity contribution >= 4 is 17.7 Å². The van der Waals surface area contributed by atoms with E-state index in [-0.39, 0.29) is 11.8 Å². The molecule has 0 aliphatic carbocycles. The van der Waals surface area contributed by atoms with Crippen molar-refractivity contribution in [1.82, 2.24) is 4.98 Å². The molecule has 1 aliphatic heterocycles. The molecule has 4 rings (SSSR count). The van der Waals surface area contributed by atoms with Crippen molar-refractivity contribution in [3.8, 4) is 5.75 Å². The number of benzene rings is 2. The number of para-hydroxylation sites is 1. The van der Waals surface area contributed by atoms with Crippen LogP contribution >= 0.6 is 0 Å². The van der Waals surface area contributed by atoms with Crippen LogP contribution < -0.4 is 5.32 Å². The number of H-pyrrole nitrogens is 1.